The quantitative estimate of drug-likeness (QED) is 0.780. The van der Waals surface area contributed by atoms with Crippen molar-refractivity contribution in [3.05, 3.63) is 0 Å². The summed E-state index contributed by atoms with van der Waals surface area (Å²) in [6, 6.07) is 1.20. The molecule has 2 atom stereocenters. The average Bonchev–Trinajstić information content (AvgIpc) is 2.93. The molecule has 2 rings (SSSR count). The minimum Gasteiger partial charge on any atom is -0.356 e. The summed E-state index contributed by atoms with van der Waals surface area (Å²) in [5, 5.41) is 6.63. The first-order valence-corrected chi connectivity index (χ1v) is 8.39. The predicted octanol–water partition coefficient (Wildman–Crippen LogP) is 1.76. The van der Waals surface area contributed by atoms with Gasteiger partial charge in [0.25, 0.3) is 0 Å². The van der Waals surface area contributed by atoms with Crippen molar-refractivity contribution in [1.82, 2.24) is 15.5 Å². The summed E-state index contributed by atoms with van der Waals surface area (Å²) in [7, 11) is 0. The monoisotopic (exact) mass is 281 g/mol. The maximum atomic E-state index is 11.9. The lowest BCUT2D eigenvalue weighted by Gasteiger charge is -2.23. The second-order valence-corrected chi connectivity index (χ2v) is 6.73. The lowest BCUT2D eigenvalue weighted by molar-refractivity contribution is -0.121. The van der Waals surface area contributed by atoms with E-state index in [1.54, 1.807) is 0 Å². The van der Waals surface area contributed by atoms with E-state index in [9.17, 15) is 4.79 Å². The summed E-state index contributed by atoms with van der Waals surface area (Å²) in [5.41, 5.74) is 0. The van der Waals surface area contributed by atoms with Gasteiger partial charge in [-0.05, 0) is 58.5 Å². The van der Waals surface area contributed by atoms with Gasteiger partial charge in [-0.1, -0.05) is 6.42 Å². The fraction of sp³-hybridized carbons (Fsp3) is 0.938. The van der Waals surface area contributed by atoms with E-state index < -0.39 is 0 Å². The Kier molecular flexibility index (Phi) is 6.30. The van der Waals surface area contributed by atoms with Gasteiger partial charge in [-0.25, -0.2) is 0 Å². The van der Waals surface area contributed by atoms with Crippen molar-refractivity contribution in [2.24, 2.45) is 5.92 Å². The molecule has 0 aromatic heterocycles. The Morgan fingerprint density at radius 1 is 1.35 bits per heavy atom. The van der Waals surface area contributed by atoms with Crippen LogP contribution in [0.2, 0.25) is 0 Å². The van der Waals surface area contributed by atoms with E-state index in [2.05, 4.69) is 29.4 Å². The molecule has 2 heterocycles. The van der Waals surface area contributed by atoms with Gasteiger partial charge in [0.15, 0.2) is 0 Å². The molecule has 0 saturated carbocycles. The third kappa shape index (κ3) is 5.06. The fourth-order valence-electron chi connectivity index (χ4n) is 3.32. The number of likely N-dealkylation sites (tertiary alicyclic amines) is 1. The standard InChI is InChI=1S/C16H31N3O/c1-13(2)19-10-8-14(12-19)11-18-16(20)7-6-15-5-3-4-9-17-15/h13-15,17H,3-12H2,1-2H3,(H,18,20). The predicted molar refractivity (Wildman–Crippen MR) is 82.7 cm³/mol. The van der Waals surface area contributed by atoms with Crippen LogP contribution in [-0.4, -0.2) is 49.1 Å². The van der Waals surface area contributed by atoms with Gasteiger partial charge in [-0.2, -0.15) is 0 Å². The summed E-state index contributed by atoms with van der Waals surface area (Å²) in [4.78, 5) is 14.4. The molecule has 2 fully saturated rings. The molecule has 0 spiro atoms. The first kappa shape index (κ1) is 15.8. The van der Waals surface area contributed by atoms with Crippen LogP contribution in [0.3, 0.4) is 0 Å². The van der Waals surface area contributed by atoms with Gasteiger partial charge in [0, 0.05) is 31.6 Å². The molecule has 4 nitrogen and oxygen atoms in total. The van der Waals surface area contributed by atoms with Gasteiger partial charge < -0.3 is 15.5 Å². The highest BCUT2D eigenvalue weighted by Gasteiger charge is 2.24. The van der Waals surface area contributed by atoms with E-state index >= 15 is 0 Å². The van der Waals surface area contributed by atoms with Crippen LogP contribution in [0.5, 0.6) is 0 Å². The number of carbonyl (C=O) groups excluding carboxylic acids is 1. The van der Waals surface area contributed by atoms with Gasteiger partial charge in [-0.3, -0.25) is 4.79 Å². The summed E-state index contributed by atoms with van der Waals surface area (Å²) in [6.07, 6.45) is 6.73. The molecular formula is C16H31N3O. The molecule has 0 aromatic rings. The lowest BCUT2D eigenvalue weighted by atomic mass is 10.0. The van der Waals surface area contributed by atoms with Crippen LogP contribution in [0.4, 0.5) is 0 Å². The Bertz CT molecular complexity index is 300. The molecule has 2 saturated heterocycles. The van der Waals surface area contributed by atoms with Crippen molar-refractivity contribution >= 4 is 5.91 Å². The van der Waals surface area contributed by atoms with Gasteiger partial charge in [0.05, 0.1) is 0 Å². The van der Waals surface area contributed by atoms with E-state index in [-0.39, 0.29) is 5.91 Å². The highest BCUT2D eigenvalue weighted by Crippen LogP contribution is 2.17. The molecule has 20 heavy (non-hydrogen) atoms. The van der Waals surface area contributed by atoms with E-state index in [1.165, 1.54) is 32.2 Å². The maximum Gasteiger partial charge on any atom is 0.220 e. The molecule has 0 aromatic carbocycles. The van der Waals surface area contributed by atoms with Crippen LogP contribution in [0, 0.1) is 5.92 Å². The van der Waals surface area contributed by atoms with Crippen LogP contribution < -0.4 is 10.6 Å². The zero-order chi connectivity index (χ0) is 14.4. The SMILES string of the molecule is CC(C)N1CCC(CNC(=O)CCC2CCCCN2)C1. The third-order valence-electron chi connectivity index (χ3n) is 4.77. The first-order chi connectivity index (χ1) is 9.65. The van der Waals surface area contributed by atoms with Crippen LogP contribution in [0.25, 0.3) is 0 Å². The number of nitrogens with zero attached hydrogens (tertiary/aromatic N) is 1. The number of rotatable bonds is 6. The normalized spacial score (nSPS) is 27.9. The summed E-state index contributed by atoms with van der Waals surface area (Å²) < 4.78 is 0. The minimum atomic E-state index is 0.236. The highest BCUT2D eigenvalue weighted by atomic mass is 16.1. The minimum absolute atomic E-state index is 0.236. The zero-order valence-corrected chi connectivity index (χ0v) is 13.2. The first-order valence-electron chi connectivity index (χ1n) is 8.39. The van der Waals surface area contributed by atoms with Gasteiger partial charge in [0.2, 0.25) is 5.91 Å². The topological polar surface area (TPSA) is 44.4 Å². The van der Waals surface area contributed by atoms with E-state index in [0.717, 1.165) is 26.1 Å². The summed E-state index contributed by atoms with van der Waals surface area (Å²) in [6.45, 7) is 8.81. The summed E-state index contributed by atoms with van der Waals surface area (Å²) in [5.74, 6) is 0.884. The molecule has 116 valence electrons. The Morgan fingerprint density at radius 2 is 2.20 bits per heavy atom. The second-order valence-electron chi connectivity index (χ2n) is 6.73. The van der Waals surface area contributed by atoms with Crippen molar-refractivity contribution in [3.63, 3.8) is 0 Å². The molecule has 0 aliphatic carbocycles. The van der Waals surface area contributed by atoms with Crippen molar-refractivity contribution in [1.29, 1.82) is 0 Å². The maximum absolute atomic E-state index is 11.9. The van der Waals surface area contributed by atoms with E-state index in [0.29, 0.717) is 24.4 Å². The van der Waals surface area contributed by atoms with Crippen LogP contribution in [0.1, 0.15) is 52.4 Å². The molecule has 2 aliphatic rings. The number of piperidine rings is 1. The average molecular weight is 281 g/mol. The number of hydrogen-bond donors (Lipinski definition) is 2. The van der Waals surface area contributed by atoms with Gasteiger partial charge in [0.1, 0.15) is 0 Å². The number of carbonyl (C=O) groups is 1. The van der Waals surface area contributed by atoms with Crippen molar-refractivity contribution in [2.45, 2.75) is 64.5 Å². The van der Waals surface area contributed by atoms with Crippen LogP contribution in [0.15, 0.2) is 0 Å². The Labute approximate surface area is 123 Å². The molecule has 2 unspecified atom stereocenters. The molecule has 0 bridgehead atoms. The Morgan fingerprint density at radius 3 is 2.85 bits per heavy atom. The zero-order valence-electron chi connectivity index (χ0n) is 13.2. The summed E-state index contributed by atoms with van der Waals surface area (Å²) >= 11 is 0. The van der Waals surface area contributed by atoms with E-state index in [1.807, 2.05) is 0 Å². The molecule has 4 heteroatoms. The number of hydrogen-bond acceptors (Lipinski definition) is 3. The largest absolute Gasteiger partial charge is 0.356 e. The Balaban J connectivity index is 1.56. The molecular weight excluding hydrogens is 250 g/mol. The van der Waals surface area contributed by atoms with Crippen molar-refractivity contribution in [2.75, 3.05) is 26.2 Å². The smallest absolute Gasteiger partial charge is 0.220 e. The molecule has 2 N–H and O–H groups in total. The van der Waals surface area contributed by atoms with Crippen LogP contribution >= 0.6 is 0 Å². The van der Waals surface area contributed by atoms with Gasteiger partial charge >= 0.3 is 0 Å². The van der Waals surface area contributed by atoms with Crippen LogP contribution in [-0.2, 0) is 4.79 Å². The van der Waals surface area contributed by atoms with Crippen molar-refractivity contribution in [3.8, 4) is 0 Å². The fourth-order valence-corrected chi connectivity index (χ4v) is 3.32. The highest BCUT2D eigenvalue weighted by molar-refractivity contribution is 5.75. The number of nitrogens with one attached hydrogen (secondary N) is 2. The number of amides is 1. The van der Waals surface area contributed by atoms with Gasteiger partial charge in [-0.15, -0.1) is 0 Å². The third-order valence-corrected chi connectivity index (χ3v) is 4.77. The molecule has 0 radical (unpaired) electrons. The molecule has 1 amide bonds. The molecule has 2 aliphatic heterocycles. The van der Waals surface area contributed by atoms with E-state index in [4.69, 9.17) is 0 Å². The second kappa shape index (κ2) is 7.99. The lowest BCUT2D eigenvalue weighted by Crippen LogP contribution is -2.36. The Hall–Kier alpha value is -0.610. The van der Waals surface area contributed by atoms with Crippen molar-refractivity contribution < 1.29 is 4.79 Å².